The lowest BCUT2D eigenvalue weighted by Gasteiger charge is -2.29. The van der Waals surface area contributed by atoms with Gasteiger partial charge in [-0.2, -0.15) is 0 Å². The molecule has 0 heterocycles. The Balaban J connectivity index is 4.10. The third kappa shape index (κ3) is 3.22. The van der Waals surface area contributed by atoms with Crippen LogP contribution in [-0.4, -0.2) is 35.0 Å². The molecule has 0 saturated carbocycles. The van der Waals surface area contributed by atoms with E-state index in [-0.39, 0.29) is 19.3 Å². The number of aliphatic hydroxyl groups excluding tert-OH is 2. The highest BCUT2D eigenvalue weighted by molar-refractivity contribution is 5.01. The molecule has 1 atom stereocenters. The van der Waals surface area contributed by atoms with E-state index in [1.54, 1.807) is 6.92 Å². The smallest absolute Gasteiger partial charge is 0.0689 e. The van der Waals surface area contributed by atoms with Gasteiger partial charge in [-0.25, -0.2) is 0 Å². The van der Waals surface area contributed by atoms with Gasteiger partial charge in [-0.1, -0.05) is 12.8 Å². The van der Waals surface area contributed by atoms with Crippen LogP contribution in [0.4, 0.5) is 0 Å². The van der Waals surface area contributed by atoms with Crippen LogP contribution in [-0.2, 0) is 0 Å². The minimum Gasteiger partial charge on any atom is -0.394 e. The minimum absolute atomic E-state index is 0.0886. The van der Waals surface area contributed by atoms with Crippen molar-refractivity contribution >= 4 is 0 Å². The van der Waals surface area contributed by atoms with E-state index in [2.05, 4.69) is 11.2 Å². The van der Waals surface area contributed by atoms with Crippen molar-refractivity contribution in [2.45, 2.75) is 31.8 Å². The fraction of sp³-hybridized carbons (Fsp3) is 0.778. The average Bonchev–Trinajstić information content (AvgIpc) is 2.14. The molecule has 0 aromatic rings. The molecule has 0 aliphatic heterocycles. The molecule has 0 aromatic heterocycles. The summed E-state index contributed by atoms with van der Waals surface area (Å²) in [5.41, 5.74) is -0.674. The Bertz CT molecular complexity index is 158. The topological polar surface area (TPSA) is 52.5 Å². The fourth-order valence-electron chi connectivity index (χ4n) is 0.823. The lowest BCUT2D eigenvalue weighted by Crippen LogP contribution is -2.52. The van der Waals surface area contributed by atoms with E-state index in [1.165, 1.54) is 0 Å². The van der Waals surface area contributed by atoms with Crippen molar-refractivity contribution in [2.24, 2.45) is 0 Å². The number of hydrogen-bond donors (Lipinski definition) is 3. The van der Waals surface area contributed by atoms with Crippen LogP contribution < -0.4 is 5.32 Å². The molecule has 0 aromatic carbocycles. The van der Waals surface area contributed by atoms with Crippen LogP contribution in [0.3, 0.4) is 0 Å². The quantitative estimate of drug-likeness (QED) is 0.499. The number of terminal acetylenes is 1. The third-order valence-electron chi connectivity index (χ3n) is 1.83. The summed E-state index contributed by atoms with van der Waals surface area (Å²) >= 11 is 0. The predicted molar refractivity (Wildman–Crippen MR) is 48.6 cm³/mol. The fourth-order valence-corrected chi connectivity index (χ4v) is 0.823. The maximum absolute atomic E-state index is 8.93. The van der Waals surface area contributed by atoms with Crippen molar-refractivity contribution in [3.8, 4) is 12.3 Å². The van der Waals surface area contributed by atoms with E-state index in [4.69, 9.17) is 16.6 Å². The molecule has 0 bridgehead atoms. The highest BCUT2D eigenvalue weighted by atomic mass is 16.3. The molecule has 12 heavy (non-hydrogen) atoms. The predicted octanol–water partition coefficient (Wildman–Crippen LogP) is -0.269. The molecular formula is C9H17NO2. The largest absolute Gasteiger partial charge is 0.394 e. The first-order chi connectivity index (χ1) is 5.61. The molecule has 0 rings (SSSR count). The Labute approximate surface area is 73.8 Å². The molecule has 0 saturated heterocycles. The van der Waals surface area contributed by atoms with Crippen LogP contribution in [0.1, 0.15) is 20.3 Å². The van der Waals surface area contributed by atoms with Gasteiger partial charge in [-0.15, -0.1) is 6.42 Å². The summed E-state index contributed by atoms with van der Waals surface area (Å²) in [6.45, 7) is 3.43. The second-order valence-electron chi connectivity index (χ2n) is 3.15. The molecule has 0 aliphatic rings. The summed E-state index contributed by atoms with van der Waals surface area (Å²) < 4.78 is 0. The van der Waals surface area contributed by atoms with E-state index in [0.29, 0.717) is 0 Å². The molecule has 70 valence electrons. The summed E-state index contributed by atoms with van der Waals surface area (Å²) in [4.78, 5) is 0. The maximum atomic E-state index is 8.93. The second-order valence-corrected chi connectivity index (χ2v) is 3.15. The van der Waals surface area contributed by atoms with Crippen LogP contribution in [0.25, 0.3) is 0 Å². The Morgan fingerprint density at radius 3 is 2.25 bits per heavy atom. The van der Waals surface area contributed by atoms with Gasteiger partial charge >= 0.3 is 0 Å². The van der Waals surface area contributed by atoms with Gasteiger partial charge in [0, 0.05) is 0 Å². The number of aliphatic hydroxyl groups is 2. The van der Waals surface area contributed by atoms with Crippen LogP contribution in [0.2, 0.25) is 0 Å². The highest BCUT2D eigenvalue weighted by Gasteiger charge is 2.23. The van der Waals surface area contributed by atoms with Crippen molar-refractivity contribution in [2.75, 3.05) is 13.2 Å². The number of rotatable bonds is 5. The molecule has 3 heteroatoms. The first-order valence-corrected chi connectivity index (χ1v) is 4.07. The Hall–Kier alpha value is -0.560. The molecule has 3 nitrogen and oxygen atoms in total. The molecule has 0 amide bonds. The van der Waals surface area contributed by atoms with Crippen LogP contribution in [0, 0.1) is 12.3 Å². The zero-order valence-electron chi connectivity index (χ0n) is 7.67. The highest BCUT2D eigenvalue weighted by Crippen LogP contribution is 2.03. The van der Waals surface area contributed by atoms with Gasteiger partial charge in [0.15, 0.2) is 0 Å². The first kappa shape index (κ1) is 11.4. The minimum atomic E-state index is -0.674. The Morgan fingerprint density at radius 1 is 1.50 bits per heavy atom. The molecule has 0 spiro atoms. The van der Waals surface area contributed by atoms with E-state index in [9.17, 15) is 0 Å². The molecule has 3 N–H and O–H groups in total. The normalized spacial score (nSPS) is 13.9. The molecular weight excluding hydrogens is 154 g/mol. The summed E-state index contributed by atoms with van der Waals surface area (Å²) in [7, 11) is 0. The zero-order chi connectivity index (χ0) is 9.61. The molecule has 0 aliphatic carbocycles. The van der Waals surface area contributed by atoms with E-state index >= 15 is 0 Å². The van der Waals surface area contributed by atoms with Gasteiger partial charge in [-0.05, 0) is 13.3 Å². The van der Waals surface area contributed by atoms with E-state index in [1.807, 2.05) is 6.92 Å². The molecule has 0 fully saturated rings. The van der Waals surface area contributed by atoms with Crippen LogP contribution >= 0.6 is 0 Å². The van der Waals surface area contributed by atoms with E-state index in [0.717, 1.165) is 6.42 Å². The number of hydrogen-bond acceptors (Lipinski definition) is 3. The molecule has 0 radical (unpaired) electrons. The SMILES string of the molecule is C#CC(CC)NC(C)(CO)CO. The Morgan fingerprint density at radius 2 is 2.00 bits per heavy atom. The zero-order valence-corrected chi connectivity index (χ0v) is 7.67. The summed E-state index contributed by atoms with van der Waals surface area (Å²) in [6.07, 6.45) is 6.01. The summed E-state index contributed by atoms with van der Waals surface area (Å²) in [5.74, 6) is 2.54. The van der Waals surface area contributed by atoms with Gasteiger partial charge in [-0.3, -0.25) is 5.32 Å². The van der Waals surface area contributed by atoms with Crippen LogP contribution in [0.15, 0.2) is 0 Å². The number of nitrogens with one attached hydrogen (secondary N) is 1. The van der Waals surface area contributed by atoms with Crippen molar-refractivity contribution in [3.05, 3.63) is 0 Å². The molecule has 1 unspecified atom stereocenters. The second kappa shape index (κ2) is 5.15. The first-order valence-electron chi connectivity index (χ1n) is 4.07. The van der Waals surface area contributed by atoms with Crippen molar-refractivity contribution in [3.63, 3.8) is 0 Å². The van der Waals surface area contributed by atoms with Crippen molar-refractivity contribution in [1.29, 1.82) is 0 Å². The lowest BCUT2D eigenvalue weighted by molar-refractivity contribution is 0.0990. The van der Waals surface area contributed by atoms with Crippen molar-refractivity contribution < 1.29 is 10.2 Å². The maximum Gasteiger partial charge on any atom is 0.0689 e. The summed E-state index contributed by atoms with van der Waals surface area (Å²) in [6, 6.07) is -0.0886. The average molecular weight is 171 g/mol. The Kier molecular flexibility index (Phi) is 4.91. The van der Waals surface area contributed by atoms with Gasteiger partial charge < -0.3 is 10.2 Å². The lowest BCUT2D eigenvalue weighted by atomic mass is 10.0. The van der Waals surface area contributed by atoms with Gasteiger partial charge in [0.1, 0.15) is 0 Å². The van der Waals surface area contributed by atoms with Gasteiger partial charge in [0.05, 0.1) is 24.8 Å². The monoisotopic (exact) mass is 171 g/mol. The third-order valence-corrected chi connectivity index (χ3v) is 1.83. The van der Waals surface area contributed by atoms with Crippen LogP contribution in [0.5, 0.6) is 0 Å². The standard InChI is InChI=1S/C9H17NO2/c1-4-8(5-2)10-9(3,6-11)7-12/h1,8,10-12H,5-7H2,2-3H3. The van der Waals surface area contributed by atoms with Gasteiger partial charge in [0.25, 0.3) is 0 Å². The van der Waals surface area contributed by atoms with Crippen molar-refractivity contribution in [1.82, 2.24) is 5.32 Å². The summed E-state index contributed by atoms with van der Waals surface area (Å²) in [5, 5.41) is 20.9. The van der Waals surface area contributed by atoms with Gasteiger partial charge in [0.2, 0.25) is 0 Å². The van der Waals surface area contributed by atoms with E-state index < -0.39 is 5.54 Å².